The third kappa shape index (κ3) is 11.1. The summed E-state index contributed by atoms with van der Waals surface area (Å²) in [5.41, 5.74) is 3.58. The quantitative estimate of drug-likeness (QED) is 0.187. The van der Waals surface area contributed by atoms with Crippen molar-refractivity contribution in [3.05, 3.63) is 120 Å². The van der Waals surface area contributed by atoms with Crippen molar-refractivity contribution >= 4 is 23.6 Å². The highest BCUT2D eigenvalue weighted by Crippen LogP contribution is 2.39. The third-order valence-corrected chi connectivity index (χ3v) is 10.9. The molecule has 2 aliphatic rings. The molecule has 2 fully saturated rings. The highest BCUT2D eigenvalue weighted by Gasteiger charge is 2.34. The Bertz CT molecular complexity index is 1690. The predicted octanol–water partition coefficient (Wildman–Crippen LogP) is 10.4. The van der Waals surface area contributed by atoms with E-state index in [1.54, 1.807) is 12.1 Å². The Kier molecular flexibility index (Phi) is 14.2. The van der Waals surface area contributed by atoms with Crippen molar-refractivity contribution in [3.8, 4) is 11.5 Å². The smallest absolute Gasteiger partial charge is 0.410 e. The van der Waals surface area contributed by atoms with Gasteiger partial charge in [-0.05, 0) is 150 Å². The van der Waals surface area contributed by atoms with E-state index in [1.165, 1.54) is 85.3 Å². The van der Waals surface area contributed by atoms with Gasteiger partial charge < -0.3 is 19.3 Å². The van der Waals surface area contributed by atoms with Crippen LogP contribution in [0.1, 0.15) is 76.3 Å². The molecule has 10 heteroatoms. The molecule has 2 amide bonds. The Balaban J connectivity index is 0.000000208. The first kappa shape index (κ1) is 40.4. The fraction of sp³-hybridized carbons (Fsp3) is 0.409. The topological polar surface area (TPSA) is 83.1 Å². The lowest BCUT2D eigenvalue weighted by Gasteiger charge is -2.35. The molecule has 4 aromatic rings. The molecule has 2 atom stereocenters. The van der Waals surface area contributed by atoms with Crippen molar-refractivity contribution in [1.29, 1.82) is 0 Å². The van der Waals surface area contributed by atoms with Gasteiger partial charge in [-0.3, -0.25) is 10.6 Å². The molecule has 2 N–H and O–H groups in total. The van der Waals surface area contributed by atoms with Crippen LogP contribution in [-0.4, -0.2) is 62.3 Å². The summed E-state index contributed by atoms with van der Waals surface area (Å²) >= 11 is 0. The summed E-state index contributed by atoms with van der Waals surface area (Å²) in [5.74, 6) is 0.346. The van der Waals surface area contributed by atoms with Gasteiger partial charge in [0.1, 0.15) is 23.1 Å². The van der Waals surface area contributed by atoms with E-state index in [2.05, 4.69) is 60.5 Å². The van der Waals surface area contributed by atoms with E-state index in [4.69, 9.17) is 9.47 Å². The van der Waals surface area contributed by atoms with Gasteiger partial charge in [-0.2, -0.15) is 0 Å². The molecular weight excluding hydrogens is 687 g/mol. The van der Waals surface area contributed by atoms with Crippen molar-refractivity contribution in [3.63, 3.8) is 0 Å². The minimum absolute atomic E-state index is 0.0814. The molecule has 0 bridgehead atoms. The molecule has 54 heavy (non-hydrogen) atoms. The summed E-state index contributed by atoms with van der Waals surface area (Å²) in [5, 5.41) is 5.24. The largest absolute Gasteiger partial charge is 0.417 e. The van der Waals surface area contributed by atoms with Crippen molar-refractivity contribution in [2.75, 3.05) is 50.9 Å². The van der Waals surface area contributed by atoms with Gasteiger partial charge in [-0.25, -0.2) is 18.4 Å². The summed E-state index contributed by atoms with van der Waals surface area (Å²) in [7, 11) is 4.35. The molecule has 2 aliphatic heterocycles. The molecule has 0 unspecified atom stereocenters. The first-order valence-electron chi connectivity index (χ1n) is 19.1. The number of hydrogen-bond donors (Lipinski definition) is 2. The molecule has 2 heterocycles. The Morgan fingerprint density at radius 2 is 1.00 bits per heavy atom. The Morgan fingerprint density at radius 1 is 0.611 bits per heavy atom. The average molecular weight is 741 g/mol. The van der Waals surface area contributed by atoms with Crippen molar-refractivity contribution in [2.45, 2.75) is 76.0 Å². The van der Waals surface area contributed by atoms with E-state index >= 15 is 0 Å². The van der Waals surface area contributed by atoms with Crippen LogP contribution in [0.2, 0.25) is 0 Å². The number of benzene rings is 4. The predicted molar refractivity (Wildman–Crippen MR) is 212 cm³/mol. The number of nitrogens with zero attached hydrogens (tertiary/aromatic N) is 2. The average Bonchev–Trinajstić information content (AvgIpc) is 3.49. The Labute approximate surface area is 318 Å². The van der Waals surface area contributed by atoms with Gasteiger partial charge >= 0.3 is 12.2 Å². The van der Waals surface area contributed by atoms with Gasteiger partial charge in [-0.15, -0.1) is 0 Å². The second kappa shape index (κ2) is 19.0. The van der Waals surface area contributed by atoms with E-state index in [1.807, 2.05) is 24.3 Å². The zero-order chi connectivity index (χ0) is 38.6. The number of halogens is 2. The van der Waals surface area contributed by atoms with Crippen LogP contribution in [0, 0.1) is 11.6 Å². The summed E-state index contributed by atoms with van der Waals surface area (Å²) < 4.78 is 36.9. The molecule has 0 aliphatic carbocycles. The van der Waals surface area contributed by atoms with Crippen LogP contribution < -0.4 is 20.1 Å². The maximum absolute atomic E-state index is 13.0. The number of anilines is 2. The highest BCUT2D eigenvalue weighted by molar-refractivity contribution is 5.86. The van der Waals surface area contributed by atoms with Crippen molar-refractivity contribution < 1.29 is 27.8 Å². The van der Waals surface area contributed by atoms with E-state index in [0.717, 1.165) is 51.9 Å². The number of ether oxygens (including phenoxy) is 2. The molecular formula is C44H54F2N4O4. The third-order valence-electron chi connectivity index (χ3n) is 10.9. The fourth-order valence-electron chi connectivity index (χ4n) is 7.84. The first-order chi connectivity index (χ1) is 26.0. The second-order valence-corrected chi connectivity index (χ2v) is 14.8. The van der Waals surface area contributed by atoms with Crippen LogP contribution in [0.4, 0.5) is 29.7 Å². The van der Waals surface area contributed by atoms with Gasteiger partial charge in [-0.1, -0.05) is 51.0 Å². The van der Waals surface area contributed by atoms with Crippen LogP contribution >= 0.6 is 0 Å². The van der Waals surface area contributed by atoms with Gasteiger partial charge in [0.05, 0.1) is 0 Å². The normalized spacial score (nSPS) is 20.7. The highest BCUT2D eigenvalue weighted by atomic mass is 19.1. The van der Waals surface area contributed by atoms with E-state index < -0.39 is 12.2 Å². The zero-order valence-electron chi connectivity index (χ0n) is 32.0. The van der Waals surface area contributed by atoms with E-state index in [9.17, 15) is 18.4 Å². The van der Waals surface area contributed by atoms with Gasteiger partial charge in [0.25, 0.3) is 0 Å². The summed E-state index contributed by atoms with van der Waals surface area (Å²) in [4.78, 5) is 29.1. The minimum Gasteiger partial charge on any atom is -0.410 e. The standard InChI is InChI=1S/2C22H27FN2O2/c2*1-3-22(13-4-5-14-25(2)16-22)17-7-6-8-20(15-17)27-21(26)24-19-11-9-18(23)10-12-19/h2*6-12,15H,3-5,13-14,16H2,1-2H3,(H,24,26)/t2*22-/m11/s1. The van der Waals surface area contributed by atoms with Gasteiger partial charge in [0, 0.05) is 35.3 Å². The maximum atomic E-state index is 13.0. The number of carbonyl (C=O) groups is 2. The molecule has 288 valence electrons. The van der Waals surface area contributed by atoms with Crippen LogP contribution in [0.3, 0.4) is 0 Å². The lowest BCUT2D eigenvalue weighted by atomic mass is 9.74. The number of carbonyl (C=O) groups excluding carboxylic acids is 2. The van der Waals surface area contributed by atoms with Gasteiger partial charge in [0.15, 0.2) is 0 Å². The van der Waals surface area contributed by atoms with E-state index in [-0.39, 0.29) is 22.5 Å². The maximum Gasteiger partial charge on any atom is 0.417 e. The summed E-state index contributed by atoms with van der Waals surface area (Å²) in [6.45, 7) is 8.72. The Morgan fingerprint density at radius 3 is 1.37 bits per heavy atom. The molecule has 0 spiro atoms. The monoisotopic (exact) mass is 740 g/mol. The molecule has 6 rings (SSSR count). The van der Waals surface area contributed by atoms with Crippen LogP contribution in [0.5, 0.6) is 11.5 Å². The molecule has 2 saturated heterocycles. The number of hydrogen-bond acceptors (Lipinski definition) is 6. The molecule has 0 radical (unpaired) electrons. The SMILES string of the molecule is CC[C@@]1(c2cccc(OC(=O)Nc3ccc(F)cc3)c2)CCCCN(C)C1.CC[C@@]1(c2cccc(OC(=O)Nc3ccc(F)cc3)c2)CCCCN(C)C1. The van der Waals surface area contributed by atoms with Crippen LogP contribution in [-0.2, 0) is 10.8 Å². The number of nitrogens with one attached hydrogen (secondary N) is 2. The minimum atomic E-state index is -0.581. The number of amides is 2. The number of likely N-dealkylation sites (tertiary alicyclic amines) is 2. The second-order valence-electron chi connectivity index (χ2n) is 14.8. The van der Waals surface area contributed by atoms with Crippen LogP contribution in [0.15, 0.2) is 97.1 Å². The lowest BCUT2D eigenvalue weighted by Crippen LogP contribution is -2.37. The lowest BCUT2D eigenvalue weighted by molar-refractivity contribution is 0.213. The summed E-state index contributed by atoms with van der Waals surface area (Å²) in [6, 6.07) is 26.9. The molecule has 4 aromatic carbocycles. The van der Waals surface area contributed by atoms with Crippen molar-refractivity contribution in [2.24, 2.45) is 0 Å². The van der Waals surface area contributed by atoms with Crippen LogP contribution in [0.25, 0.3) is 0 Å². The fourth-order valence-corrected chi connectivity index (χ4v) is 7.84. The number of likely N-dealkylation sites (N-methyl/N-ethyl adjacent to an activating group) is 2. The molecule has 0 saturated carbocycles. The molecule has 8 nitrogen and oxygen atoms in total. The van der Waals surface area contributed by atoms with E-state index in [0.29, 0.717) is 22.9 Å². The number of rotatable bonds is 8. The summed E-state index contributed by atoms with van der Waals surface area (Å²) in [6.07, 6.45) is 8.04. The zero-order valence-corrected chi connectivity index (χ0v) is 32.0. The molecule has 0 aromatic heterocycles. The first-order valence-corrected chi connectivity index (χ1v) is 19.1. The van der Waals surface area contributed by atoms with Gasteiger partial charge in [0.2, 0.25) is 0 Å². The van der Waals surface area contributed by atoms with Crippen molar-refractivity contribution in [1.82, 2.24) is 9.80 Å². The Hall–Kier alpha value is -4.80.